The second kappa shape index (κ2) is 11.4. The summed E-state index contributed by atoms with van der Waals surface area (Å²) < 4.78 is 0. The summed E-state index contributed by atoms with van der Waals surface area (Å²) in [5, 5.41) is 5.40. The zero-order valence-corrected chi connectivity index (χ0v) is 18.4. The van der Waals surface area contributed by atoms with Crippen molar-refractivity contribution in [2.75, 3.05) is 63.6 Å². The van der Waals surface area contributed by atoms with E-state index in [1.807, 2.05) is 61.7 Å². The van der Waals surface area contributed by atoms with Gasteiger partial charge in [0, 0.05) is 63.0 Å². The number of nitrogens with zero attached hydrogens (tertiary/aromatic N) is 4. The highest BCUT2D eigenvalue weighted by Crippen LogP contribution is 2.15. The number of piperazine rings is 1. The number of hydrogen-bond donors (Lipinski definition) is 2. The molecule has 0 aliphatic carbocycles. The predicted octanol–water partition coefficient (Wildman–Crippen LogP) is 1.41. The molecule has 2 heterocycles. The van der Waals surface area contributed by atoms with E-state index in [1.54, 1.807) is 6.07 Å². The van der Waals surface area contributed by atoms with Gasteiger partial charge in [-0.2, -0.15) is 0 Å². The maximum absolute atomic E-state index is 12.2. The second-order valence-electron chi connectivity index (χ2n) is 8.04. The van der Waals surface area contributed by atoms with Gasteiger partial charge in [-0.05, 0) is 56.9 Å². The summed E-state index contributed by atoms with van der Waals surface area (Å²) in [4.78, 5) is 35.1. The normalized spacial score (nSPS) is 14.5. The minimum absolute atomic E-state index is 0.484. The molecular weight excluding hydrogens is 392 g/mol. The molecule has 1 fully saturated rings. The number of carbonyl (C=O) groups excluding carboxylic acids is 2. The van der Waals surface area contributed by atoms with Crippen LogP contribution in [0.2, 0.25) is 0 Å². The van der Waals surface area contributed by atoms with Crippen molar-refractivity contribution in [3.05, 3.63) is 54.4 Å². The molecule has 0 atom stereocenters. The van der Waals surface area contributed by atoms with Crippen LogP contribution in [0.4, 0.5) is 11.4 Å². The molecule has 2 aromatic rings. The molecule has 2 amide bonds. The van der Waals surface area contributed by atoms with Crippen molar-refractivity contribution < 1.29 is 9.59 Å². The SMILES string of the molecule is CN(C)Cc1cccc(NC(=O)C(=O)NCCCN2CCN(c3ccncc3)CC2)c1. The van der Waals surface area contributed by atoms with E-state index < -0.39 is 11.8 Å². The fourth-order valence-corrected chi connectivity index (χ4v) is 3.67. The van der Waals surface area contributed by atoms with E-state index in [4.69, 9.17) is 0 Å². The Labute approximate surface area is 184 Å². The van der Waals surface area contributed by atoms with Gasteiger partial charge in [-0.15, -0.1) is 0 Å². The molecule has 1 aromatic carbocycles. The summed E-state index contributed by atoms with van der Waals surface area (Å²) in [7, 11) is 3.97. The molecule has 1 saturated heterocycles. The van der Waals surface area contributed by atoms with Crippen LogP contribution in [0.5, 0.6) is 0 Å². The largest absolute Gasteiger partial charge is 0.369 e. The Morgan fingerprint density at radius 1 is 1.03 bits per heavy atom. The number of aromatic nitrogens is 1. The molecule has 3 rings (SSSR count). The molecule has 0 radical (unpaired) electrons. The fourth-order valence-electron chi connectivity index (χ4n) is 3.67. The van der Waals surface area contributed by atoms with Crippen LogP contribution in [-0.2, 0) is 16.1 Å². The minimum Gasteiger partial charge on any atom is -0.369 e. The summed E-state index contributed by atoms with van der Waals surface area (Å²) in [5.41, 5.74) is 2.92. The van der Waals surface area contributed by atoms with Gasteiger partial charge in [-0.3, -0.25) is 19.5 Å². The lowest BCUT2D eigenvalue weighted by Gasteiger charge is -2.36. The third kappa shape index (κ3) is 7.34. The Balaban J connectivity index is 1.33. The van der Waals surface area contributed by atoms with Crippen LogP contribution in [0.1, 0.15) is 12.0 Å². The van der Waals surface area contributed by atoms with Gasteiger partial charge in [-0.25, -0.2) is 0 Å². The van der Waals surface area contributed by atoms with Crippen LogP contribution >= 0.6 is 0 Å². The van der Waals surface area contributed by atoms with Crippen molar-refractivity contribution in [1.29, 1.82) is 0 Å². The van der Waals surface area contributed by atoms with Gasteiger partial charge in [0.05, 0.1) is 0 Å². The summed E-state index contributed by atoms with van der Waals surface area (Å²) >= 11 is 0. The maximum Gasteiger partial charge on any atom is 0.313 e. The summed E-state index contributed by atoms with van der Waals surface area (Å²) in [6.07, 6.45) is 4.45. The van der Waals surface area contributed by atoms with Crippen LogP contribution in [0, 0.1) is 0 Å². The Morgan fingerprint density at radius 2 is 1.77 bits per heavy atom. The lowest BCUT2D eigenvalue weighted by Crippen LogP contribution is -2.47. The van der Waals surface area contributed by atoms with Crippen molar-refractivity contribution in [2.45, 2.75) is 13.0 Å². The van der Waals surface area contributed by atoms with Gasteiger partial charge >= 0.3 is 11.8 Å². The first-order chi connectivity index (χ1) is 15.0. The third-order valence-electron chi connectivity index (χ3n) is 5.23. The smallest absolute Gasteiger partial charge is 0.313 e. The van der Waals surface area contributed by atoms with Gasteiger partial charge in [0.15, 0.2) is 0 Å². The lowest BCUT2D eigenvalue weighted by molar-refractivity contribution is -0.136. The number of benzene rings is 1. The van der Waals surface area contributed by atoms with Gasteiger partial charge < -0.3 is 20.4 Å². The second-order valence-corrected chi connectivity index (χ2v) is 8.04. The van der Waals surface area contributed by atoms with Gasteiger partial charge in [0.1, 0.15) is 0 Å². The molecule has 0 bridgehead atoms. The highest BCUT2D eigenvalue weighted by molar-refractivity contribution is 6.39. The van der Waals surface area contributed by atoms with Gasteiger partial charge in [0.25, 0.3) is 0 Å². The van der Waals surface area contributed by atoms with E-state index in [0.29, 0.717) is 12.2 Å². The molecule has 2 N–H and O–H groups in total. The number of carbonyl (C=O) groups is 2. The zero-order chi connectivity index (χ0) is 22.1. The highest BCUT2D eigenvalue weighted by atomic mass is 16.2. The number of hydrogen-bond acceptors (Lipinski definition) is 6. The number of nitrogens with one attached hydrogen (secondary N) is 2. The molecule has 0 saturated carbocycles. The third-order valence-corrected chi connectivity index (χ3v) is 5.23. The van der Waals surface area contributed by atoms with Crippen LogP contribution in [-0.4, -0.2) is 80.0 Å². The molecule has 1 aliphatic heterocycles. The average Bonchev–Trinajstić information content (AvgIpc) is 2.77. The number of anilines is 2. The van der Waals surface area contributed by atoms with E-state index in [0.717, 1.165) is 51.3 Å². The first-order valence-electron chi connectivity index (χ1n) is 10.7. The van der Waals surface area contributed by atoms with E-state index in [1.165, 1.54) is 5.69 Å². The topological polar surface area (TPSA) is 80.8 Å². The molecule has 31 heavy (non-hydrogen) atoms. The Bertz CT molecular complexity index is 850. The van der Waals surface area contributed by atoms with Crippen LogP contribution in [0.15, 0.2) is 48.8 Å². The molecule has 8 nitrogen and oxygen atoms in total. The van der Waals surface area contributed by atoms with Crippen molar-refractivity contribution in [2.24, 2.45) is 0 Å². The van der Waals surface area contributed by atoms with Crippen molar-refractivity contribution in [3.63, 3.8) is 0 Å². The van der Waals surface area contributed by atoms with Crippen molar-refractivity contribution >= 4 is 23.2 Å². The summed E-state index contributed by atoms with van der Waals surface area (Å²) in [6, 6.07) is 11.6. The molecule has 1 aromatic heterocycles. The first-order valence-corrected chi connectivity index (χ1v) is 10.7. The first kappa shape index (κ1) is 22.7. The Morgan fingerprint density at radius 3 is 2.48 bits per heavy atom. The number of amides is 2. The van der Waals surface area contributed by atoms with E-state index >= 15 is 0 Å². The quantitative estimate of drug-likeness (QED) is 0.493. The summed E-state index contributed by atoms with van der Waals surface area (Å²) in [6.45, 7) is 6.08. The van der Waals surface area contributed by atoms with Gasteiger partial charge in [-0.1, -0.05) is 12.1 Å². The molecule has 8 heteroatoms. The monoisotopic (exact) mass is 424 g/mol. The van der Waals surface area contributed by atoms with Crippen LogP contribution in [0.25, 0.3) is 0 Å². The molecule has 0 spiro atoms. The molecule has 166 valence electrons. The van der Waals surface area contributed by atoms with Crippen LogP contribution < -0.4 is 15.5 Å². The zero-order valence-electron chi connectivity index (χ0n) is 18.4. The fraction of sp³-hybridized carbons (Fsp3) is 0.435. The van der Waals surface area contributed by atoms with Crippen molar-refractivity contribution in [3.8, 4) is 0 Å². The van der Waals surface area contributed by atoms with Crippen molar-refractivity contribution in [1.82, 2.24) is 20.1 Å². The minimum atomic E-state index is -0.632. The Kier molecular flexibility index (Phi) is 8.37. The highest BCUT2D eigenvalue weighted by Gasteiger charge is 2.17. The van der Waals surface area contributed by atoms with E-state index in [2.05, 4.69) is 25.4 Å². The van der Waals surface area contributed by atoms with E-state index in [9.17, 15) is 9.59 Å². The Hall–Kier alpha value is -2.97. The van der Waals surface area contributed by atoms with Gasteiger partial charge in [0.2, 0.25) is 0 Å². The molecular formula is C23H32N6O2. The standard InChI is InChI=1S/C23H32N6O2/c1-27(2)18-19-5-3-6-20(17-19)26-23(31)22(30)25-9-4-12-28-13-15-29(16-14-28)21-7-10-24-11-8-21/h3,5-8,10-11,17H,4,9,12-16,18H2,1-2H3,(H,25,30)(H,26,31). The van der Waals surface area contributed by atoms with Crippen LogP contribution in [0.3, 0.4) is 0 Å². The van der Waals surface area contributed by atoms with E-state index in [-0.39, 0.29) is 0 Å². The maximum atomic E-state index is 12.2. The number of rotatable bonds is 8. The number of pyridine rings is 1. The summed E-state index contributed by atoms with van der Waals surface area (Å²) in [5.74, 6) is -1.23. The average molecular weight is 425 g/mol. The lowest BCUT2D eigenvalue weighted by atomic mass is 10.2. The molecule has 1 aliphatic rings. The predicted molar refractivity (Wildman–Crippen MR) is 123 cm³/mol. The molecule has 0 unspecified atom stereocenters.